The topological polar surface area (TPSA) is 102 Å². The minimum Gasteiger partial charge on any atom is -0.356 e. The second-order valence-corrected chi connectivity index (χ2v) is 9.63. The molecule has 0 atom stereocenters. The fourth-order valence-corrected chi connectivity index (χ4v) is 4.08. The zero-order valence-corrected chi connectivity index (χ0v) is 21.6. The number of amides is 2. The monoisotopic (exact) mass is 492 g/mol. The van der Waals surface area contributed by atoms with Crippen LogP contribution in [0.1, 0.15) is 50.7 Å². The average Bonchev–Trinajstić information content (AvgIpc) is 2.84. The van der Waals surface area contributed by atoms with Gasteiger partial charge in [-0.3, -0.25) is 23.5 Å². The molecule has 36 heavy (non-hydrogen) atoms. The predicted molar refractivity (Wildman–Crippen MR) is 143 cm³/mol. The van der Waals surface area contributed by atoms with Crippen molar-refractivity contribution in [2.75, 3.05) is 11.9 Å². The van der Waals surface area contributed by atoms with Crippen LogP contribution < -0.4 is 21.9 Å². The first-order chi connectivity index (χ1) is 17.2. The summed E-state index contributed by atoms with van der Waals surface area (Å²) in [6.45, 7) is 8.72. The maximum absolute atomic E-state index is 13.3. The number of hydrogen-bond donors (Lipinski definition) is 2. The standard InChI is InChI=1S/C28H36N4O4/c1-19(2)15-16-29-25(33)14-7-8-17-31-27(35)22-11-5-6-13-24(22)32(28(31)36)18-26(34)30-23-12-9-10-20(3)21(23)4/h5-6,9-13,19H,7-8,14-18H2,1-4H3,(H,29,33)(H,30,34). The second kappa shape index (κ2) is 12.3. The molecule has 0 unspecified atom stereocenters. The van der Waals surface area contributed by atoms with Gasteiger partial charge in [-0.15, -0.1) is 0 Å². The van der Waals surface area contributed by atoms with Gasteiger partial charge in [-0.1, -0.05) is 38.1 Å². The molecule has 3 aromatic rings. The number of fused-ring (bicyclic) bond motifs is 1. The Kier molecular flexibility index (Phi) is 9.22. The molecule has 0 spiro atoms. The lowest BCUT2D eigenvalue weighted by molar-refractivity contribution is -0.121. The molecule has 0 bridgehead atoms. The van der Waals surface area contributed by atoms with E-state index in [-0.39, 0.29) is 30.5 Å². The van der Waals surface area contributed by atoms with E-state index in [1.807, 2.05) is 32.0 Å². The molecule has 0 radical (unpaired) electrons. The molecule has 0 aliphatic heterocycles. The van der Waals surface area contributed by atoms with Crippen LogP contribution in [0.15, 0.2) is 52.1 Å². The minimum atomic E-state index is -0.531. The van der Waals surface area contributed by atoms with Crippen molar-refractivity contribution in [3.63, 3.8) is 0 Å². The summed E-state index contributed by atoms with van der Waals surface area (Å²) in [7, 11) is 0. The van der Waals surface area contributed by atoms with E-state index in [1.54, 1.807) is 24.3 Å². The van der Waals surface area contributed by atoms with Gasteiger partial charge in [-0.2, -0.15) is 0 Å². The summed E-state index contributed by atoms with van der Waals surface area (Å²) in [5, 5.41) is 6.16. The Morgan fingerprint density at radius 2 is 1.67 bits per heavy atom. The quantitative estimate of drug-likeness (QED) is 0.398. The van der Waals surface area contributed by atoms with Gasteiger partial charge < -0.3 is 10.6 Å². The maximum Gasteiger partial charge on any atom is 0.331 e. The molecule has 0 saturated carbocycles. The zero-order chi connectivity index (χ0) is 26.2. The van der Waals surface area contributed by atoms with Crippen LogP contribution in [0.5, 0.6) is 0 Å². The van der Waals surface area contributed by atoms with E-state index < -0.39 is 5.69 Å². The summed E-state index contributed by atoms with van der Waals surface area (Å²) >= 11 is 0. The van der Waals surface area contributed by atoms with Crippen molar-refractivity contribution in [3.05, 3.63) is 74.4 Å². The van der Waals surface area contributed by atoms with Crippen LogP contribution in [-0.4, -0.2) is 27.5 Å². The van der Waals surface area contributed by atoms with E-state index in [4.69, 9.17) is 0 Å². The molecule has 1 aromatic heterocycles. The van der Waals surface area contributed by atoms with E-state index in [9.17, 15) is 19.2 Å². The number of hydrogen-bond acceptors (Lipinski definition) is 4. The number of unbranched alkanes of at least 4 members (excludes halogenated alkanes) is 1. The van der Waals surface area contributed by atoms with E-state index in [0.29, 0.717) is 48.3 Å². The summed E-state index contributed by atoms with van der Waals surface area (Å²) in [4.78, 5) is 51.3. The van der Waals surface area contributed by atoms with Gasteiger partial charge in [-0.05, 0) is 68.4 Å². The predicted octanol–water partition coefficient (Wildman–Crippen LogP) is 3.75. The smallest absolute Gasteiger partial charge is 0.331 e. The van der Waals surface area contributed by atoms with Gasteiger partial charge in [0.25, 0.3) is 5.56 Å². The lowest BCUT2D eigenvalue weighted by atomic mass is 10.1. The van der Waals surface area contributed by atoms with Crippen molar-refractivity contribution in [3.8, 4) is 0 Å². The number of aromatic nitrogens is 2. The third-order valence-electron chi connectivity index (χ3n) is 6.39. The fourth-order valence-electron chi connectivity index (χ4n) is 4.08. The third-order valence-corrected chi connectivity index (χ3v) is 6.39. The Balaban J connectivity index is 1.75. The van der Waals surface area contributed by atoms with E-state index in [2.05, 4.69) is 24.5 Å². The molecule has 0 aliphatic carbocycles. The van der Waals surface area contributed by atoms with E-state index >= 15 is 0 Å². The lowest BCUT2D eigenvalue weighted by Gasteiger charge is -2.15. The molecule has 0 aliphatic rings. The number of carbonyl (C=O) groups excluding carboxylic acids is 2. The molecule has 3 rings (SSSR count). The molecular formula is C28H36N4O4. The van der Waals surface area contributed by atoms with Gasteiger partial charge in [0.15, 0.2) is 0 Å². The molecule has 1 heterocycles. The second-order valence-electron chi connectivity index (χ2n) is 9.63. The number of carbonyl (C=O) groups is 2. The molecule has 8 heteroatoms. The summed E-state index contributed by atoms with van der Waals surface area (Å²) < 4.78 is 2.51. The van der Waals surface area contributed by atoms with Crippen LogP contribution in [-0.2, 0) is 22.7 Å². The van der Waals surface area contributed by atoms with Crippen molar-refractivity contribution in [2.45, 2.75) is 66.5 Å². The number of aryl methyl sites for hydroxylation is 1. The van der Waals surface area contributed by atoms with E-state index in [1.165, 1.54) is 9.13 Å². The van der Waals surface area contributed by atoms with Crippen molar-refractivity contribution in [1.29, 1.82) is 0 Å². The molecular weight excluding hydrogens is 456 g/mol. The molecule has 0 fully saturated rings. The molecule has 0 saturated heterocycles. The number of rotatable bonds is 11. The van der Waals surface area contributed by atoms with Gasteiger partial charge in [0.2, 0.25) is 11.8 Å². The maximum atomic E-state index is 13.3. The van der Waals surface area contributed by atoms with Crippen molar-refractivity contribution in [2.24, 2.45) is 5.92 Å². The van der Waals surface area contributed by atoms with Gasteiger partial charge in [0.05, 0.1) is 10.9 Å². The van der Waals surface area contributed by atoms with Crippen LogP contribution in [0, 0.1) is 19.8 Å². The number of nitrogens with zero attached hydrogens (tertiary/aromatic N) is 2. The Labute approximate surface area is 211 Å². The summed E-state index contributed by atoms with van der Waals surface area (Å²) in [6.07, 6.45) is 2.32. The van der Waals surface area contributed by atoms with Crippen molar-refractivity contribution in [1.82, 2.24) is 14.5 Å². The Morgan fingerprint density at radius 1 is 0.917 bits per heavy atom. The van der Waals surface area contributed by atoms with Gasteiger partial charge in [0, 0.05) is 25.2 Å². The molecule has 192 valence electrons. The lowest BCUT2D eigenvalue weighted by Crippen LogP contribution is -2.41. The van der Waals surface area contributed by atoms with Gasteiger partial charge in [-0.25, -0.2) is 4.79 Å². The highest BCUT2D eigenvalue weighted by Crippen LogP contribution is 2.18. The molecule has 2 aromatic carbocycles. The number of benzene rings is 2. The zero-order valence-electron chi connectivity index (χ0n) is 21.6. The van der Waals surface area contributed by atoms with Crippen LogP contribution in [0.25, 0.3) is 10.9 Å². The van der Waals surface area contributed by atoms with Crippen LogP contribution in [0.3, 0.4) is 0 Å². The largest absolute Gasteiger partial charge is 0.356 e. The first-order valence-corrected chi connectivity index (χ1v) is 12.5. The molecule has 2 N–H and O–H groups in total. The van der Waals surface area contributed by atoms with E-state index in [0.717, 1.165) is 17.5 Å². The van der Waals surface area contributed by atoms with Gasteiger partial charge >= 0.3 is 5.69 Å². The highest BCUT2D eigenvalue weighted by molar-refractivity contribution is 5.92. The normalized spacial score (nSPS) is 11.1. The summed E-state index contributed by atoms with van der Waals surface area (Å²) in [5.74, 6) is 0.149. The van der Waals surface area contributed by atoms with Crippen LogP contribution >= 0.6 is 0 Å². The Morgan fingerprint density at radius 3 is 2.42 bits per heavy atom. The number of para-hydroxylation sites is 1. The molecule has 8 nitrogen and oxygen atoms in total. The fraction of sp³-hybridized carbons (Fsp3) is 0.429. The minimum absolute atomic E-state index is 0.0259. The van der Waals surface area contributed by atoms with Crippen molar-refractivity contribution >= 4 is 28.4 Å². The third kappa shape index (κ3) is 6.71. The van der Waals surface area contributed by atoms with Crippen molar-refractivity contribution < 1.29 is 9.59 Å². The molecule has 2 amide bonds. The highest BCUT2D eigenvalue weighted by atomic mass is 16.2. The van der Waals surface area contributed by atoms with Gasteiger partial charge in [0.1, 0.15) is 6.54 Å². The average molecular weight is 493 g/mol. The number of anilines is 1. The summed E-state index contributed by atoms with van der Waals surface area (Å²) in [5.41, 5.74) is 2.21. The summed E-state index contributed by atoms with van der Waals surface area (Å²) in [6, 6.07) is 12.5. The number of nitrogens with one attached hydrogen (secondary N) is 2. The first-order valence-electron chi connectivity index (χ1n) is 12.5. The Bertz CT molecular complexity index is 1350. The SMILES string of the molecule is Cc1cccc(NC(=O)Cn2c(=O)n(CCCCC(=O)NCCC(C)C)c(=O)c3ccccc32)c1C. The highest BCUT2D eigenvalue weighted by Gasteiger charge is 2.16. The first kappa shape index (κ1) is 26.9. The van der Waals surface area contributed by atoms with Crippen LogP contribution in [0.4, 0.5) is 5.69 Å². The van der Waals surface area contributed by atoms with Crippen LogP contribution in [0.2, 0.25) is 0 Å². The Hall–Kier alpha value is -3.68.